The Bertz CT molecular complexity index is 413. The Balaban J connectivity index is 1.70. The maximum Gasteiger partial charge on any atom is 0.0639 e. The fourth-order valence-electron chi connectivity index (χ4n) is 2.96. The van der Waals surface area contributed by atoms with Gasteiger partial charge in [-0.1, -0.05) is 23.7 Å². The molecule has 0 bridgehead atoms. The summed E-state index contributed by atoms with van der Waals surface area (Å²) in [5.74, 6) is 0.741. The Labute approximate surface area is 133 Å². The Morgan fingerprint density at radius 2 is 1.86 bits per heavy atom. The smallest absolute Gasteiger partial charge is 0.0639 e. The highest BCUT2D eigenvalue weighted by molar-refractivity contribution is 6.30. The summed E-state index contributed by atoms with van der Waals surface area (Å²) in [6.45, 7) is 8.14. The van der Waals surface area contributed by atoms with Crippen molar-refractivity contribution in [3.8, 4) is 0 Å². The van der Waals surface area contributed by atoms with Crippen LogP contribution in [0.2, 0.25) is 5.02 Å². The van der Waals surface area contributed by atoms with Gasteiger partial charge in [0.05, 0.1) is 6.10 Å². The molecule has 1 aliphatic heterocycles. The van der Waals surface area contributed by atoms with Crippen LogP contribution in [-0.2, 0) is 0 Å². The molecule has 3 nitrogen and oxygen atoms in total. The highest BCUT2D eigenvalue weighted by Gasteiger charge is 2.20. The first-order valence-electron chi connectivity index (χ1n) is 7.94. The van der Waals surface area contributed by atoms with Crippen LogP contribution >= 0.6 is 11.6 Å². The molecule has 0 unspecified atom stereocenters. The zero-order valence-corrected chi connectivity index (χ0v) is 13.8. The van der Waals surface area contributed by atoms with E-state index < -0.39 is 0 Å². The summed E-state index contributed by atoms with van der Waals surface area (Å²) < 4.78 is 0. The van der Waals surface area contributed by atoms with Crippen molar-refractivity contribution in [3.63, 3.8) is 0 Å². The van der Waals surface area contributed by atoms with Crippen LogP contribution < -0.4 is 5.32 Å². The van der Waals surface area contributed by atoms with E-state index in [1.54, 1.807) is 0 Å². The van der Waals surface area contributed by atoms with Gasteiger partial charge in [0.2, 0.25) is 0 Å². The first-order valence-corrected chi connectivity index (χ1v) is 8.31. The summed E-state index contributed by atoms with van der Waals surface area (Å²) in [7, 11) is 0. The van der Waals surface area contributed by atoms with Gasteiger partial charge in [-0.05, 0) is 69.9 Å². The fourth-order valence-corrected chi connectivity index (χ4v) is 3.09. The minimum atomic E-state index is -0.218. The minimum Gasteiger partial charge on any atom is -0.392 e. The number of nitrogens with one attached hydrogen (secondary N) is 1. The lowest BCUT2D eigenvalue weighted by molar-refractivity contribution is 0.0994. The van der Waals surface area contributed by atoms with Gasteiger partial charge in [-0.3, -0.25) is 0 Å². The number of halogens is 1. The zero-order chi connectivity index (χ0) is 15.2. The van der Waals surface area contributed by atoms with Crippen LogP contribution in [0.1, 0.15) is 38.3 Å². The molecular formula is C17H27ClN2O. The maximum atomic E-state index is 9.43. The molecule has 1 saturated heterocycles. The molecule has 118 valence electrons. The molecule has 4 heteroatoms. The molecule has 21 heavy (non-hydrogen) atoms. The summed E-state index contributed by atoms with van der Waals surface area (Å²) in [5, 5.41) is 13.8. The van der Waals surface area contributed by atoms with E-state index in [-0.39, 0.29) is 6.10 Å². The molecule has 2 rings (SSSR count). The van der Waals surface area contributed by atoms with Gasteiger partial charge < -0.3 is 15.3 Å². The second-order valence-corrected chi connectivity index (χ2v) is 6.71. The molecule has 1 aromatic carbocycles. The number of hydrogen-bond donors (Lipinski definition) is 2. The second-order valence-electron chi connectivity index (χ2n) is 6.27. The van der Waals surface area contributed by atoms with E-state index in [2.05, 4.69) is 29.3 Å². The topological polar surface area (TPSA) is 35.5 Å². The molecule has 1 aliphatic rings. The van der Waals surface area contributed by atoms with Crippen LogP contribution in [0.15, 0.2) is 24.3 Å². The summed E-state index contributed by atoms with van der Waals surface area (Å²) in [6, 6.07) is 8.43. The molecule has 0 aliphatic carbocycles. The van der Waals surface area contributed by atoms with Crippen molar-refractivity contribution in [1.29, 1.82) is 0 Å². The van der Waals surface area contributed by atoms with Gasteiger partial charge in [0.25, 0.3) is 0 Å². The molecule has 1 heterocycles. The number of piperidine rings is 1. The standard InChI is InChI=1S/C17H27ClN2O/c1-13(21)12-20-9-7-15(8-10-20)11-19-14(2)16-3-5-17(18)6-4-16/h3-6,13-15,19,21H,7-12H2,1-2H3/t13-,14-/m0/s1. The van der Waals surface area contributed by atoms with Crippen molar-refractivity contribution in [2.75, 3.05) is 26.2 Å². The summed E-state index contributed by atoms with van der Waals surface area (Å²) >= 11 is 5.92. The lowest BCUT2D eigenvalue weighted by Gasteiger charge is -2.33. The summed E-state index contributed by atoms with van der Waals surface area (Å²) in [6.07, 6.45) is 2.21. The van der Waals surface area contributed by atoms with Crippen LogP contribution in [-0.4, -0.2) is 42.3 Å². The largest absolute Gasteiger partial charge is 0.392 e. The van der Waals surface area contributed by atoms with E-state index >= 15 is 0 Å². The van der Waals surface area contributed by atoms with Crippen LogP contribution in [0.4, 0.5) is 0 Å². The monoisotopic (exact) mass is 310 g/mol. The van der Waals surface area contributed by atoms with Gasteiger partial charge in [-0.25, -0.2) is 0 Å². The predicted octanol–water partition coefficient (Wildman–Crippen LogP) is 3.08. The van der Waals surface area contributed by atoms with Crippen molar-refractivity contribution in [3.05, 3.63) is 34.9 Å². The maximum absolute atomic E-state index is 9.43. The number of rotatable bonds is 6. The molecule has 1 aromatic rings. The number of benzene rings is 1. The molecule has 0 saturated carbocycles. The van der Waals surface area contributed by atoms with Gasteiger partial charge in [0, 0.05) is 17.6 Å². The van der Waals surface area contributed by atoms with Crippen molar-refractivity contribution in [2.24, 2.45) is 5.92 Å². The number of β-amino-alcohol motifs (C(OH)–C–C–N with tert-alkyl or cyclic N) is 1. The Morgan fingerprint density at radius 3 is 2.43 bits per heavy atom. The number of aliphatic hydroxyl groups excluding tert-OH is 1. The Kier molecular flexibility index (Phi) is 6.49. The van der Waals surface area contributed by atoms with E-state index in [1.807, 2.05) is 19.1 Å². The number of nitrogens with zero attached hydrogens (tertiary/aromatic N) is 1. The quantitative estimate of drug-likeness (QED) is 0.847. The molecule has 0 aromatic heterocycles. The molecular weight excluding hydrogens is 284 g/mol. The fraction of sp³-hybridized carbons (Fsp3) is 0.647. The van der Waals surface area contributed by atoms with E-state index in [9.17, 15) is 5.11 Å². The van der Waals surface area contributed by atoms with Crippen molar-refractivity contribution < 1.29 is 5.11 Å². The second kappa shape index (κ2) is 8.14. The van der Waals surface area contributed by atoms with Gasteiger partial charge >= 0.3 is 0 Å². The lowest BCUT2D eigenvalue weighted by atomic mass is 9.96. The van der Waals surface area contributed by atoms with Gasteiger partial charge in [0.1, 0.15) is 0 Å². The average Bonchev–Trinajstić information content (AvgIpc) is 2.46. The molecule has 0 radical (unpaired) electrons. The molecule has 1 fully saturated rings. The molecule has 0 spiro atoms. The third-order valence-electron chi connectivity index (χ3n) is 4.31. The van der Waals surface area contributed by atoms with Gasteiger partial charge in [-0.15, -0.1) is 0 Å². The third-order valence-corrected chi connectivity index (χ3v) is 4.56. The number of likely N-dealkylation sites (tertiary alicyclic amines) is 1. The minimum absolute atomic E-state index is 0.218. The predicted molar refractivity (Wildman–Crippen MR) is 88.7 cm³/mol. The molecule has 0 amide bonds. The van der Waals surface area contributed by atoms with Crippen LogP contribution in [0.3, 0.4) is 0 Å². The van der Waals surface area contributed by atoms with Gasteiger partial charge in [-0.2, -0.15) is 0 Å². The van der Waals surface area contributed by atoms with Crippen molar-refractivity contribution in [1.82, 2.24) is 10.2 Å². The summed E-state index contributed by atoms with van der Waals surface area (Å²) in [5.41, 5.74) is 1.28. The van der Waals surface area contributed by atoms with Crippen molar-refractivity contribution in [2.45, 2.75) is 38.8 Å². The van der Waals surface area contributed by atoms with E-state index in [1.165, 1.54) is 18.4 Å². The normalized spacial score (nSPS) is 20.4. The molecule has 2 N–H and O–H groups in total. The van der Waals surface area contributed by atoms with Crippen LogP contribution in [0.25, 0.3) is 0 Å². The first kappa shape index (κ1) is 16.8. The molecule has 2 atom stereocenters. The van der Waals surface area contributed by atoms with Crippen molar-refractivity contribution >= 4 is 11.6 Å². The zero-order valence-electron chi connectivity index (χ0n) is 13.1. The van der Waals surface area contributed by atoms with Crippen LogP contribution in [0.5, 0.6) is 0 Å². The van der Waals surface area contributed by atoms with Gasteiger partial charge in [0.15, 0.2) is 0 Å². The first-order chi connectivity index (χ1) is 10.0. The Morgan fingerprint density at radius 1 is 1.24 bits per heavy atom. The number of hydrogen-bond acceptors (Lipinski definition) is 3. The average molecular weight is 311 g/mol. The number of aliphatic hydroxyl groups is 1. The van der Waals surface area contributed by atoms with E-state index in [4.69, 9.17) is 11.6 Å². The summed E-state index contributed by atoms with van der Waals surface area (Å²) in [4.78, 5) is 2.36. The Hall–Kier alpha value is -0.610. The SMILES string of the molecule is C[C@H](O)CN1CCC(CN[C@@H](C)c2ccc(Cl)cc2)CC1. The van der Waals surface area contributed by atoms with E-state index in [0.29, 0.717) is 6.04 Å². The lowest BCUT2D eigenvalue weighted by Crippen LogP contribution is -2.40. The highest BCUT2D eigenvalue weighted by Crippen LogP contribution is 2.19. The highest BCUT2D eigenvalue weighted by atomic mass is 35.5. The van der Waals surface area contributed by atoms with E-state index in [0.717, 1.165) is 37.1 Å². The third kappa shape index (κ3) is 5.59. The van der Waals surface area contributed by atoms with Crippen LogP contribution in [0, 0.1) is 5.92 Å².